The Kier molecular flexibility index (Phi) is 9.23. The minimum Gasteiger partial charge on any atom is -0.493 e. The number of rotatable bonds is 3. The predicted octanol–water partition coefficient (Wildman–Crippen LogP) is 9.22. The second kappa shape index (κ2) is 14.0. The van der Waals surface area contributed by atoms with E-state index in [4.69, 9.17) is 28.7 Å². The molecule has 3 heterocycles. The molecular weight excluding hydrogens is 586 g/mol. The van der Waals surface area contributed by atoms with E-state index in [-0.39, 0.29) is 0 Å². The SMILES string of the molecule is Cc1cc2c3c(c1)-c1cc(C)cc(c1OCc1ccccc1)-c1cc(C)cc(c1OCCCCO3)COCc1cccc(n1)COC2. The summed E-state index contributed by atoms with van der Waals surface area (Å²) in [5, 5.41) is 0. The third-order valence-electron chi connectivity index (χ3n) is 8.57. The number of pyridine rings is 1. The van der Waals surface area contributed by atoms with E-state index in [1.807, 2.05) is 36.4 Å². The molecule has 240 valence electrons. The highest BCUT2D eigenvalue weighted by Crippen LogP contribution is 2.48. The molecule has 0 spiro atoms. The van der Waals surface area contributed by atoms with E-state index >= 15 is 0 Å². The molecule has 6 nitrogen and oxygen atoms in total. The largest absolute Gasteiger partial charge is 0.493 e. The smallest absolute Gasteiger partial charge is 0.135 e. The maximum absolute atomic E-state index is 6.89. The Labute approximate surface area is 277 Å². The highest BCUT2D eigenvalue weighted by Gasteiger charge is 2.25. The van der Waals surface area contributed by atoms with E-state index < -0.39 is 0 Å². The van der Waals surface area contributed by atoms with Crippen LogP contribution in [0.25, 0.3) is 22.3 Å². The highest BCUT2D eigenvalue weighted by atomic mass is 16.5. The molecule has 47 heavy (non-hydrogen) atoms. The van der Waals surface area contributed by atoms with Crippen molar-refractivity contribution in [2.45, 2.75) is 66.6 Å². The summed E-state index contributed by atoms with van der Waals surface area (Å²) in [6, 6.07) is 29.5. The lowest BCUT2D eigenvalue weighted by molar-refractivity contribution is 0.0961. The minimum absolute atomic E-state index is 0.385. The van der Waals surface area contributed by atoms with Crippen molar-refractivity contribution >= 4 is 0 Å². The van der Waals surface area contributed by atoms with Gasteiger partial charge in [-0.3, -0.25) is 4.98 Å². The lowest BCUT2D eigenvalue weighted by Crippen LogP contribution is -2.07. The Morgan fingerprint density at radius 3 is 1.64 bits per heavy atom. The van der Waals surface area contributed by atoms with Crippen molar-refractivity contribution in [2.75, 3.05) is 13.2 Å². The number of fused-ring (bicyclic) bond motifs is 2. The standard InChI is InChI=1S/C41H41NO5/c1-27-16-31-23-43-25-33-12-9-13-34(42-33)26-44-24-32-17-28(2)19-36-38-21-29(3)20-37(41(38)47-22-30-10-5-4-6-11-30)35(18-27)39(31)45-14-7-8-15-46-40(32)36/h4-6,9-13,16-21H,7-8,14-15,22-26H2,1-3H3. The zero-order valence-electron chi connectivity index (χ0n) is 27.4. The fraction of sp³-hybridized carbons (Fsp3) is 0.293. The summed E-state index contributed by atoms with van der Waals surface area (Å²) in [4.78, 5) is 4.82. The maximum Gasteiger partial charge on any atom is 0.135 e. The van der Waals surface area contributed by atoms with E-state index in [0.717, 1.165) is 97.1 Å². The Morgan fingerprint density at radius 2 is 1.09 bits per heavy atom. The molecule has 0 atom stereocenters. The Bertz CT molecular complexity index is 1780. The topological polar surface area (TPSA) is 59.0 Å². The van der Waals surface area contributed by atoms with Gasteiger partial charge in [0.2, 0.25) is 0 Å². The molecule has 6 heteroatoms. The number of hydrogen-bond donors (Lipinski definition) is 0. The summed E-state index contributed by atoms with van der Waals surface area (Å²) < 4.78 is 32.9. The normalized spacial score (nSPS) is 14.7. The van der Waals surface area contributed by atoms with E-state index in [9.17, 15) is 0 Å². The van der Waals surface area contributed by atoms with Crippen molar-refractivity contribution in [1.29, 1.82) is 0 Å². The number of hydrogen-bond acceptors (Lipinski definition) is 6. The molecule has 1 aromatic heterocycles. The number of aromatic nitrogens is 1. The molecule has 0 fully saturated rings. The first-order valence-corrected chi connectivity index (χ1v) is 16.5. The summed E-state index contributed by atoms with van der Waals surface area (Å²) in [6.45, 7) is 9.48. The monoisotopic (exact) mass is 627 g/mol. The quantitative estimate of drug-likeness (QED) is 0.199. The molecule has 0 radical (unpaired) electrons. The van der Waals surface area contributed by atoms with Gasteiger partial charge in [-0.05, 0) is 92.3 Å². The van der Waals surface area contributed by atoms with Crippen molar-refractivity contribution in [3.05, 3.63) is 130 Å². The average molecular weight is 628 g/mol. The van der Waals surface area contributed by atoms with E-state index in [2.05, 4.69) is 69.3 Å². The van der Waals surface area contributed by atoms with Crippen molar-refractivity contribution < 1.29 is 23.7 Å². The molecule has 10 bridgehead atoms. The van der Waals surface area contributed by atoms with Gasteiger partial charge in [0.05, 0.1) is 51.0 Å². The van der Waals surface area contributed by atoms with Crippen LogP contribution in [0.5, 0.6) is 17.2 Å². The molecule has 0 unspecified atom stereocenters. The molecule has 5 aromatic rings. The van der Waals surface area contributed by atoms with Crippen LogP contribution < -0.4 is 14.2 Å². The molecule has 0 aliphatic carbocycles. The van der Waals surface area contributed by atoms with Gasteiger partial charge in [-0.15, -0.1) is 0 Å². The van der Waals surface area contributed by atoms with Crippen LogP contribution in [0.15, 0.2) is 84.9 Å². The predicted molar refractivity (Wildman–Crippen MR) is 184 cm³/mol. The molecule has 2 aliphatic rings. The summed E-state index contributed by atoms with van der Waals surface area (Å²) in [5.41, 5.74) is 12.2. The van der Waals surface area contributed by atoms with Crippen molar-refractivity contribution in [1.82, 2.24) is 4.98 Å². The third kappa shape index (κ3) is 7.04. The van der Waals surface area contributed by atoms with Crippen molar-refractivity contribution in [2.24, 2.45) is 0 Å². The van der Waals surface area contributed by atoms with Gasteiger partial charge in [0, 0.05) is 33.4 Å². The molecule has 0 amide bonds. The minimum atomic E-state index is 0.385. The molecule has 0 saturated carbocycles. The van der Waals surface area contributed by atoms with Crippen LogP contribution in [0.2, 0.25) is 0 Å². The van der Waals surface area contributed by atoms with Crippen LogP contribution in [0.4, 0.5) is 0 Å². The zero-order chi connectivity index (χ0) is 32.2. The maximum atomic E-state index is 6.89. The fourth-order valence-corrected chi connectivity index (χ4v) is 6.48. The lowest BCUT2D eigenvalue weighted by Gasteiger charge is -2.23. The first-order chi connectivity index (χ1) is 23.0. The zero-order valence-corrected chi connectivity index (χ0v) is 27.4. The van der Waals surface area contributed by atoms with Gasteiger partial charge < -0.3 is 23.7 Å². The van der Waals surface area contributed by atoms with Crippen LogP contribution in [0.3, 0.4) is 0 Å². The lowest BCUT2D eigenvalue weighted by atomic mass is 9.90. The van der Waals surface area contributed by atoms with E-state index in [0.29, 0.717) is 46.2 Å². The average Bonchev–Trinajstić information content (AvgIpc) is 3.07. The molecular formula is C41H41NO5. The van der Waals surface area contributed by atoms with Gasteiger partial charge in [-0.1, -0.05) is 48.5 Å². The van der Waals surface area contributed by atoms with E-state index in [1.165, 1.54) is 0 Å². The number of ether oxygens (including phenoxy) is 5. The number of aryl methyl sites for hydroxylation is 3. The molecule has 7 rings (SSSR count). The highest BCUT2D eigenvalue weighted by molar-refractivity contribution is 5.88. The summed E-state index contributed by atoms with van der Waals surface area (Å²) in [5.74, 6) is 2.46. The molecule has 2 aliphatic heterocycles. The van der Waals surface area contributed by atoms with Crippen LogP contribution in [-0.4, -0.2) is 18.2 Å². The Balaban J connectivity index is 1.49. The van der Waals surface area contributed by atoms with Crippen molar-refractivity contribution in [3.63, 3.8) is 0 Å². The van der Waals surface area contributed by atoms with Crippen LogP contribution in [0, 0.1) is 20.8 Å². The molecule has 0 N–H and O–H groups in total. The molecule has 4 aromatic carbocycles. The second-order valence-corrected chi connectivity index (χ2v) is 12.6. The van der Waals surface area contributed by atoms with Gasteiger partial charge in [0.25, 0.3) is 0 Å². The fourth-order valence-electron chi connectivity index (χ4n) is 6.48. The van der Waals surface area contributed by atoms with Gasteiger partial charge >= 0.3 is 0 Å². The van der Waals surface area contributed by atoms with Crippen LogP contribution in [-0.2, 0) is 42.5 Å². The van der Waals surface area contributed by atoms with Crippen LogP contribution >= 0.6 is 0 Å². The molecule has 0 saturated heterocycles. The van der Waals surface area contributed by atoms with Gasteiger partial charge in [0.15, 0.2) is 0 Å². The van der Waals surface area contributed by atoms with Gasteiger partial charge in [-0.25, -0.2) is 0 Å². The first kappa shape index (κ1) is 31.0. The van der Waals surface area contributed by atoms with Crippen LogP contribution in [0.1, 0.15) is 57.6 Å². The number of nitrogens with zero attached hydrogens (tertiary/aromatic N) is 1. The third-order valence-corrected chi connectivity index (χ3v) is 8.57. The van der Waals surface area contributed by atoms with E-state index in [1.54, 1.807) is 0 Å². The Hall–Kier alpha value is -4.65. The van der Waals surface area contributed by atoms with Gasteiger partial charge in [0.1, 0.15) is 23.9 Å². The first-order valence-electron chi connectivity index (χ1n) is 16.5. The summed E-state index contributed by atoms with van der Waals surface area (Å²) in [7, 11) is 0. The summed E-state index contributed by atoms with van der Waals surface area (Å²) >= 11 is 0. The second-order valence-electron chi connectivity index (χ2n) is 12.6. The van der Waals surface area contributed by atoms with Gasteiger partial charge in [-0.2, -0.15) is 0 Å². The van der Waals surface area contributed by atoms with Crippen molar-refractivity contribution in [3.8, 4) is 39.5 Å². The Morgan fingerprint density at radius 1 is 0.574 bits per heavy atom. The summed E-state index contributed by atoms with van der Waals surface area (Å²) in [6.07, 6.45) is 1.70. The number of benzene rings is 4.